The fraction of sp³-hybridized carbons (Fsp3) is 0.950. The largest absolute Gasteiger partial charge is 0.379 e. The van der Waals surface area contributed by atoms with Gasteiger partial charge >= 0.3 is 0 Å². The number of ether oxygens (including phenoxy) is 2. The number of amides is 1. The number of alkyl halides is 2. The molecule has 0 spiro atoms. The van der Waals surface area contributed by atoms with Crippen LogP contribution < -0.4 is 5.32 Å². The summed E-state index contributed by atoms with van der Waals surface area (Å²) in [4.78, 5) is 15.3. The molecule has 6 atom stereocenters. The van der Waals surface area contributed by atoms with Crippen LogP contribution in [0.4, 0.5) is 8.78 Å². The number of nitrogens with one attached hydrogen (secondary N) is 1. The molecule has 7 heteroatoms. The lowest BCUT2D eigenvalue weighted by Gasteiger charge is -2.37. The molecule has 2 bridgehead atoms. The van der Waals surface area contributed by atoms with Crippen molar-refractivity contribution in [3.63, 3.8) is 0 Å². The number of halogens is 2. The Morgan fingerprint density at radius 1 is 1.41 bits per heavy atom. The normalized spacial score (nSPS) is 41.6. The number of hydrogen-bond donors (Lipinski definition) is 1. The van der Waals surface area contributed by atoms with Gasteiger partial charge in [0.1, 0.15) is 0 Å². The van der Waals surface area contributed by atoms with Crippen LogP contribution in [0.2, 0.25) is 0 Å². The first-order valence-electron chi connectivity index (χ1n) is 10.4. The molecule has 0 aromatic rings. The van der Waals surface area contributed by atoms with E-state index in [-0.39, 0.29) is 24.5 Å². The molecule has 0 aromatic heterocycles. The van der Waals surface area contributed by atoms with Crippen LogP contribution in [-0.2, 0) is 14.3 Å². The molecule has 1 saturated carbocycles. The topological polar surface area (TPSA) is 50.8 Å². The Kier molecular flexibility index (Phi) is 5.72. The van der Waals surface area contributed by atoms with E-state index >= 15 is 0 Å². The minimum atomic E-state index is -2.43. The first-order valence-corrected chi connectivity index (χ1v) is 10.4. The van der Waals surface area contributed by atoms with Crippen molar-refractivity contribution in [3.05, 3.63) is 0 Å². The average Bonchev–Trinajstić information content (AvgIpc) is 3.37. The van der Waals surface area contributed by atoms with Crippen LogP contribution in [0.25, 0.3) is 0 Å². The zero-order valence-electron chi connectivity index (χ0n) is 16.2. The molecule has 4 fully saturated rings. The van der Waals surface area contributed by atoms with E-state index in [0.29, 0.717) is 43.9 Å². The molecule has 5 nitrogen and oxygen atoms in total. The summed E-state index contributed by atoms with van der Waals surface area (Å²) in [5.41, 5.74) is -0.864. The molecule has 0 aromatic carbocycles. The van der Waals surface area contributed by atoms with Gasteiger partial charge in [0, 0.05) is 45.3 Å². The Bertz CT molecular complexity index is 549. The molecule has 1 amide bonds. The lowest BCUT2D eigenvalue weighted by Crippen LogP contribution is -2.52. The summed E-state index contributed by atoms with van der Waals surface area (Å²) in [6.07, 6.45) is 2.31. The second kappa shape index (κ2) is 7.91. The number of carbonyl (C=O) groups is 1. The Labute approximate surface area is 160 Å². The van der Waals surface area contributed by atoms with Crippen molar-refractivity contribution in [3.8, 4) is 0 Å². The average molecular weight is 386 g/mol. The number of nitrogens with zero attached hydrogens (tertiary/aromatic N) is 1. The quantitative estimate of drug-likeness (QED) is 0.762. The van der Waals surface area contributed by atoms with E-state index in [9.17, 15) is 13.6 Å². The summed E-state index contributed by atoms with van der Waals surface area (Å²) in [7, 11) is 1.71. The van der Waals surface area contributed by atoms with Gasteiger partial charge in [0.2, 0.25) is 12.3 Å². The lowest BCUT2D eigenvalue weighted by atomic mass is 9.78. The highest BCUT2D eigenvalue weighted by atomic mass is 19.3. The molecular formula is C20H32F2N2O3. The highest BCUT2D eigenvalue weighted by Crippen LogP contribution is 2.50. The van der Waals surface area contributed by atoms with Gasteiger partial charge in [-0.2, -0.15) is 0 Å². The highest BCUT2D eigenvalue weighted by Gasteiger charge is 2.52. The summed E-state index contributed by atoms with van der Waals surface area (Å²) in [6.45, 7) is 2.84. The Hall–Kier alpha value is -0.790. The molecule has 3 aliphatic heterocycles. The fourth-order valence-corrected chi connectivity index (χ4v) is 6.03. The van der Waals surface area contributed by atoms with Crippen LogP contribution in [0, 0.1) is 17.3 Å². The summed E-state index contributed by atoms with van der Waals surface area (Å²) >= 11 is 0. The maximum Gasteiger partial charge on any atom is 0.239 e. The van der Waals surface area contributed by atoms with Gasteiger partial charge in [-0.1, -0.05) is 0 Å². The van der Waals surface area contributed by atoms with E-state index in [1.807, 2.05) is 4.90 Å². The standard InChI is InChI=1S/C20H32F2N2O3/c1-26-17-12-27-5-3-14(17)6-13-2-4-20(8-13,9-18(21)22)19(25)24-11-15-7-16(24)10-23-15/h13-18,23H,2-12H2,1H3/t13-,14+,15-,16-,17+,20-/m0/s1. The van der Waals surface area contributed by atoms with Crippen molar-refractivity contribution < 1.29 is 23.0 Å². The second-order valence-corrected chi connectivity index (χ2v) is 9.07. The maximum atomic E-state index is 13.4. The monoisotopic (exact) mass is 386 g/mol. The number of methoxy groups -OCH3 is 1. The Morgan fingerprint density at radius 2 is 2.26 bits per heavy atom. The first-order chi connectivity index (χ1) is 13.0. The molecule has 3 heterocycles. The molecule has 3 saturated heterocycles. The van der Waals surface area contributed by atoms with Gasteiger partial charge in [-0.3, -0.25) is 4.79 Å². The molecule has 154 valence electrons. The van der Waals surface area contributed by atoms with Gasteiger partial charge in [-0.05, 0) is 50.4 Å². The molecule has 0 radical (unpaired) electrons. The maximum absolute atomic E-state index is 13.4. The molecule has 0 unspecified atom stereocenters. The van der Waals surface area contributed by atoms with Gasteiger partial charge in [0.05, 0.1) is 18.1 Å². The smallest absolute Gasteiger partial charge is 0.239 e. The van der Waals surface area contributed by atoms with Crippen molar-refractivity contribution in [2.24, 2.45) is 17.3 Å². The van der Waals surface area contributed by atoms with Crippen LogP contribution in [0.1, 0.15) is 44.9 Å². The van der Waals surface area contributed by atoms with Gasteiger partial charge < -0.3 is 19.7 Å². The Balaban J connectivity index is 1.44. The number of fused-ring (bicyclic) bond motifs is 2. The van der Waals surface area contributed by atoms with Gasteiger partial charge in [-0.15, -0.1) is 0 Å². The van der Waals surface area contributed by atoms with Gasteiger partial charge in [-0.25, -0.2) is 8.78 Å². The third kappa shape index (κ3) is 3.87. The van der Waals surface area contributed by atoms with E-state index < -0.39 is 11.8 Å². The van der Waals surface area contributed by atoms with Crippen molar-refractivity contribution >= 4 is 5.91 Å². The van der Waals surface area contributed by atoms with Crippen molar-refractivity contribution in [2.45, 2.75) is 69.6 Å². The number of likely N-dealkylation sites (tertiary alicyclic amines) is 1. The Morgan fingerprint density at radius 3 is 2.93 bits per heavy atom. The minimum Gasteiger partial charge on any atom is -0.379 e. The van der Waals surface area contributed by atoms with Crippen LogP contribution in [0.3, 0.4) is 0 Å². The molecular weight excluding hydrogens is 354 g/mol. The molecule has 4 aliphatic rings. The van der Waals surface area contributed by atoms with Crippen LogP contribution in [0.5, 0.6) is 0 Å². The minimum absolute atomic E-state index is 0.00503. The molecule has 1 aliphatic carbocycles. The van der Waals surface area contributed by atoms with E-state index in [4.69, 9.17) is 9.47 Å². The highest BCUT2D eigenvalue weighted by molar-refractivity contribution is 5.84. The molecule has 1 N–H and O–H groups in total. The fourth-order valence-electron chi connectivity index (χ4n) is 6.03. The van der Waals surface area contributed by atoms with E-state index in [0.717, 1.165) is 38.8 Å². The second-order valence-electron chi connectivity index (χ2n) is 9.07. The summed E-state index contributed by atoms with van der Waals surface area (Å²) < 4.78 is 38.0. The SMILES string of the molecule is CO[C@@H]1COCC[C@@H]1C[C@@H]1CC[C@](CC(F)F)(C(=O)N2C[C@@H]3C[C@H]2CN3)C1. The predicted octanol–water partition coefficient (Wildman–Crippen LogP) is 2.44. The first kappa shape index (κ1) is 19.5. The predicted molar refractivity (Wildman–Crippen MR) is 96.6 cm³/mol. The third-order valence-electron chi connectivity index (χ3n) is 7.41. The number of piperazine rings is 1. The van der Waals surface area contributed by atoms with Crippen molar-refractivity contribution in [1.82, 2.24) is 10.2 Å². The summed E-state index contributed by atoms with van der Waals surface area (Å²) in [5, 5.41) is 3.39. The van der Waals surface area contributed by atoms with Gasteiger partial charge in [0.25, 0.3) is 0 Å². The van der Waals surface area contributed by atoms with Crippen molar-refractivity contribution in [2.75, 3.05) is 33.4 Å². The number of carbonyl (C=O) groups excluding carboxylic acids is 1. The molecule has 27 heavy (non-hydrogen) atoms. The van der Waals surface area contributed by atoms with Crippen LogP contribution in [0.15, 0.2) is 0 Å². The van der Waals surface area contributed by atoms with Gasteiger partial charge in [0.15, 0.2) is 0 Å². The zero-order valence-corrected chi connectivity index (χ0v) is 16.2. The zero-order chi connectivity index (χ0) is 19.0. The van der Waals surface area contributed by atoms with E-state index in [1.54, 1.807) is 7.11 Å². The molecule has 4 rings (SSSR count). The summed E-state index contributed by atoms with van der Waals surface area (Å²) in [5.74, 6) is 0.721. The summed E-state index contributed by atoms with van der Waals surface area (Å²) in [6, 6.07) is 0.550. The van der Waals surface area contributed by atoms with Crippen LogP contribution >= 0.6 is 0 Å². The van der Waals surface area contributed by atoms with E-state index in [2.05, 4.69) is 5.32 Å². The number of rotatable bonds is 6. The van der Waals surface area contributed by atoms with E-state index in [1.165, 1.54) is 0 Å². The third-order valence-corrected chi connectivity index (χ3v) is 7.41. The number of hydrogen-bond acceptors (Lipinski definition) is 4. The van der Waals surface area contributed by atoms with Crippen molar-refractivity contribution in [1.29, 1.82) is 0 Å². The lowest BCUT2D eigenvalue weighted by molar-refractivity contribution is -0.146. The van der Waals surface area contributed by atoms with Crippen LogP contribution in [-0.4, -0.2) is 68.8 Å².